The summed E-state index contributed by atoms with van der Waals surface area (Å²) in [4.78, 5) is 14.5. The standard InChI is InChI=1S/C19H27NO2/c21-14-18-7-3-6-16(11-18)10-17-8-9-20(13-17)19(22)12-15-4-1-2-5-15/h3,6-7,11,15,17,21H,1-2,4-5,8-10,12-14H2/t17-/m0/s1. The van der Waals surface area contributed by atoms with Crippen LogP contribution in [0, 0.1) is 11.8 Å². The van der Waals surface area contributed by atoms with Crippen LogP contribution in [0.15, 0.2) is 24.3 Å². The maximum atomic E-state index is 12.4. The molecule has 22 heavy (non-hydrogen) atoms. The first-order chi connectivity index (χ1) is 10.7. The van der Waals surface area contributed by atoms with Crippen molar-refractivity contribution in [3.05, 3.63) is 35.4 Å². The molecule has 0 aromatic heterocycles. The van der Waals surface area contributed by atoms with Crippen LogP contribution in [0.3, 0.4) is 0 Å². The lowest BCUT2D eigenvalue weighted by Crippen LogP contribution is -2.30. The van der Waals surface area contributed by atoms with Crippen molar-refractivity contribution in [3.8, 4) is 0 Å². The first-order valence-corrected chi connectivity index (χ1v) is 8.71. The van der Waals surface area contributed by atoms with Gasteiger partial charge in [0.05, 0.1) is 6.61 Å². The summed E-state index contributed by atoms with van der Waals surface area (Å²) in [5, 5.41) is 9.22. The van der Waals surface area contributed by atoms with Crippen LogP contribution in [-0.2, 0) is 17.8 Å². The molecule has 3 heteroatoms. The Kier molecular flexibility index (Phi) is 5.14. The molecule has 1 saturated carbocycles. The first-order valence-electron chi connectivity index (χ1n) is 8.71. The van der Waals surface area contributed by atoms with E-state index in [4.69, 9.17) is 0 Å². The second-order valence-electron chi connectivity index (χ2n) is 7.03. The molecule has 3 nitrogen and oxygen atoms in total. The Morgan fingerprint density at radius 2 is 1.91 bits per heavy atom. The average Bonchev–Trinajstić information content (AvgIpc) is 3.19. The summed E-state index contributed by atoms with van der Waals surface area (Å²) < 4.78 is 0. The van der Waals surface area contributed by atoms with Gasteiger partial charge in [0.2, 0.25) is 5.91 Å². The minimum absolute atomic E-state index is 0.102. The molecule has 0 bridgehead atoms. The third-order valence-corrected chi connectivity index (χ3v) is 5.27. The predicted octanol–water partition coefficient (Wildman–Crippen LogP) is 3.15. The summed E-state index contributed by atoms with van der Waals surface area (Å²) in [6.07, 6.45) is 8.00. The SMILES string of the molecule is O=C(CC1CCCC1)N1CC[C@@H](Cc2cccc(CO)c2)C1. The lowest BCUT2D eigenvalue weighted by Gasteiger charge is -2.19. The monoisotopic (exact) mass is 301 g/mol. The molecule has 0 spiro atoms. The second kappa shape index (κ2) is 7.28. The number of carbonyl (C=O) groups excluding carboxylic acids is 1. The third-order valence-electron chi connectivity index (χ3n) is 5.27. The molecule has 1 aliphatic heterocycles. The number of rotatable bonds is 5. The molecule has 1 N–H and O–H groups in total. The lowest BCUT2D eigenvalue weighted by molar-refractivity contribution is -0.131. The van der Waals surface area contributed by atoms with E-state index in [0.29, 0.717) is 17.7 Å². The van der Waals surface area contributed by atoms with Gasteiger partial charge in [-0.25, -0.2) is 0 Å². The second-order valence-corrected chi connectivity index (χ2v) is 7.03. The quantitative estimate of drug-likeness (QED) is 0.907. The number of carbonyl (C=O) groups is 1. The van der Waals surface area contributed by atoms with Gasteiger partial charge in [0.1, 0.15) is 0 Å². The van der Waals surface area contributed by atoms with Gasteiger partial charge >= 0.3 is 0 Å². The highest BCUT2D eigenvalue weighted by Gasteiger charge is 2.28. The fourth-order valence-corrected chi connectivity index (χ4v) is 4.00. The van der Waals surface area contributed by atoms with E-state index in [2.05, 4.69) is 17.0 Å². The van der Waals surface area contributed by atoms with Gasteiger partial charge in [-0.1, -0.05) is 37.1 Å². The number of aliphatic hydroxyl groups is 1. The first kappa shape index (κ1) is 15.5. The fraction of sp³-hybridized carbons (Fsp3) is 0.632. The van der Waals surface area contributed by atoms with Gasteiger partial charge in [-0.3, -0.25) is 4.79 Å². The zero-order valence-electron chi connectivity index (χ0n) is 13.3. The van der Waals surface area contributed by atoms with Gasteiger partial charge in [0.25, 0.3) is 0 Å². The molecule has 1 aromatic carbocycles. The van der Waals surface area contributed by atoms with Crippen molar-refractivity contribution in [1.29, 1.82) is 0 Å². The van der Waals surface area contributed by atoms with Gasteiger partial charge in [-0.15, -0.1) is 0 Å². The Morgan fingerprint density at radius 3 is 2.68 bits per heavy atom. The molecule has 0 unspecified atom stereocenters. The highest BCUT2D eigenvalue weighted by molar-refractivity contribution is 5.76. The molecule has 2 fully saturated rings. The van der Waals surface area contributed by atoms with Gasteiger partial charge in [0, 0.05) is 19.5 Å². The summed E-state index contributed by atoms with van der Waals surface area (Å²) in [5.74, 6) is 1.59. The van der Waals surface area contributed by atoms with E-state index >= 15 is 0 Å². The molecule has 0 radical (unpaired) electrons. The highest BCUT2D eigenvalue weighted by atomic mass is 16.3. The predicted molar refractivity (Wildman–Crippen MR) is 87.3 cm³/mol. The van der Waals surface area contributed by atoms with Crippen molar-refractivity contribution in [1.82, 2.24) is 4.90 Å². The third kappa shape index (κ3) is 3.89. The van der Waals surface area contributed by atoms with E-state index in [-0.39, 0.29) is 6.61 Å². The number of nitrogens with zero attached hydrogens (tertiary/aromatic N) is 1. The summed E-state index contributed by atoms with van der Waals surface area (Å²) in [7, 11) is 0. The van der Waals surface area contributed by atoms with Crippen LogP contribution in [0.4, 0.5) is 0 Å². The summed E-state index contributed by atoms with van der Waals surface area (Å²) in [6.45, 7) is 1.94. The normalized spacial score (nSPS) is 22.4. The lowest BCUT2D eigenvalue weighted by atomic mass is 9.97. The molecule has 120 valence electrons. The zero-order valence-corrected chi connectivity index (χ0v) is 13.3. The molecule has 3 rings (SSSR count). The van der Waals surface area contributed by atoms with E-state index in [0.717, 1.165) is 37.9 Å². The number of likely N-dealkylation sites (tertiary alicyclic amines) is 1. The van der Waals surface area contributed by atoms with Crippen LogP contribution in [0.1, 0.15) is 49.7 Å². The van der Waals surface area contributed by atoms with Crippen LogP contribution in [0.25, 0.3) is 0 Å². The molecule has 1 heterocycles. The minimum atomic E-state index is 0.102. The van der Waals surface area contributed by atoms with Crippen LogP contribution >= 0.6 is 0 Å². The van der Waals surface area contributed by atoms with Crippen molar-refractivity contribution in [2.75, 3.05) is 13.1 Å². The van der Waals surface area contributed by atoms with Gasteiger partial charge in [-0.05, 0) is 48.6 Å². The summed E-state index contributed by atoms with van der Waals surface area (Å²) in [5.41, 5.74) is 2.26. The van der Waals surface area contributed by atoms with Crippen molar-refractivity contribution in [2.24, 2.45) is 11.8 Å². The maximum absolute atomic E-state index is 12.4. The fourth-order valence-electron chi connectivity index (χ4n) is 4.00. The van der Waals surface area contributed by atoms with E-state index in [1.807, 2.05) is 12.1 Å². The Hall–Kier alpha value is -1.35. The maximum Gasteiger partial charge on any atom is 0.222 e. The topological polar surface area (TPSA) is 40.5 Å². The van der Waals surface area contributed by atoms with Crippen LogP contribution in [-0.4, -0.2) is 29.0 Å². The zero-order chi connectivity index (χ0) is 15.4. The Bertz CT molecular complexity index is 508. The molecule has 1 atom stereocenters. The van der Waals surface area contributed by atoms with Gasteiger partial charge in [-0.2, -0.15) is 0 Å². The smallest absolute Gasteiger partial charge is 0.222 e. The largest absolute Gasteiger partial charge is 0.392 e. The highest BCUT2D eigenvalue weighted by Crippen LogP contribution is 2.29. The Balaban J connectivity index is 1.49. The number of amides is 1. The molecular weight excluding hydrogens is 274 g/mol. The Morgan fingerprint density at radius 1 is 1.14 bits per heavy atom. The van der Waals surface area contributed by atoms with Crippen LogP contribution < -0.4 is 0 Å². The van der Waals surface area contributed by atoms with E-state index in [1.54, 1.807) is 0 Å². The van der Waals surface area contributed by atoms with Crippen molar-refractivity contribution >= 4 is 5.91 Å². The number of aliphatic hydroxyl groups excluding tert-OH is 1. The molecule has 2 aliphatic rings. The van der Waals surface area contributed by atoms with Crippen molar-refractivity contribution in [2.45, 2.75) is 51.6 Å². The minimum Gasteiger partial charge on any atom is -0.392 e. The van der Waals surface area contributed by atoms with Crippen molar-refractivity contribution < 1.29 is 9.90 Å². The molecule has 1 saturated heterocycles. The Labute approximate surface area is 133 Å². The number of hydrogen-bond donors (Lipinski definition) is 1. The number of hydrogen-bond acceptors (Lipinski definition) is 2. The molecular formula is C19H27NO2. The summed E-state index contributed by atoms with van der Waals surface area (Å²) >= 11 is 0. The molecule has 1 amide bonds. The van der Waals surface area contributed by atoms with Crippen LogP contribution in [0.2, 0.25) is 0 Å². The van der Waals surface area contributed by atoms with Gasteiger partial charge in [0.15, 0.2) is 0 Å². The van der Waals surface area contributed by atoms with Gasteiger partial charge < -0.3 is 10.0 Å². The van der Waals surface area contributed by atoms with Crippen LogP contribution in [0.5, 0.6) is 0 Å². The number of benzene rings is 1. The molecule has 1 aliphatic carbocycles. The van der Waals surface area contributed by atoms with E-state index in [9.17, 15) is 9.90 Å². The summed E-state index contributed by atoms with van der Waals surface area (Å²) in [6, 6.07) is 8.18. The average molecular weight is 301 g/mol. The van der Waals surface area contributed by atoms with Crippen molar-refractivity contribution in [3.63, 3.8) is 0 Å². The molecule has 1 aromatic rings. The van der Waals surface area contributed by atoms with E-state index in [1.165, 1.54) is 31.2 Å². The van der Waals surface area contributed by atoms with E-state index < -0.39 is 0 Å².